The van der Waals surface area contributed by atoms with Crippen LogP contribution in [0.5, 0.6) is 0 Å². The molecule has 3 heteroatoms. The molecule has 3 nitrogen and oxygen atoms in total. The summed E-state index contributed by atoms with van der Waals surface area (Å²) in [6.45, 7) is 2.30. The van der Waals surface area contributed by atoms with E-state index in [1.54, 1.807) is 0 Å². The summed E-state index contributed by atoms with van der Waals surface area (Å²) in [6.07, 6.45) is 5.04. The second kappa shape index (κ2) is 5.91. The molecule has 1 aromatic carbocycles. The van der Waals surface area contributed by atoms with Gasteiger partial charge in [0.1, 0.15) is 0 Å². The molecule has 2 aliphatic carbocycles. The molecule has 3 rings (SSSR count). The SMILES string of the molecule is Cc1ccc(C#CCN)c(C(=O)NC(C2CC2)C2CC2)c1. The van der Waals surface area contributed by atoms with Crippen LogP contribution in [0.25, 0.3) is 0 Å². The zero-order chi connectivity index (χ0) is 14.8. The Morgan fingerprint density at radius 2 is 2.00 bits per heavy atom. The number of aryl methyl sites for hydroxylation is 1. The first-order valence-electron chi connectivity index (χ1n) is 7.79. The minimum atomic E-state index is 0.0174. The van der Waals surface area contributed by atoms with E-state index >= 15 is 0 Å². The van der Waals surface area contributed by atoms with Crippen molar-refractivity contribution in [2.75, 3.05) is 6.54 Å². The predicted molar refractivity (Wildman–Crippen MR) is 83.8 cm³/mol. The van der Waals surface area contributed by atoms with Gasteiger partial charge in [-0.05, 0) is 56.6 Å². The van der Waals surface area contributed by atoms with Crippen molar-refractivity contribution in [3.05, 3.63) is 34.9 Å². The van der Waals surface area contributed by atoms with Gasteiger partial charge in [-0.2, -0.15) is 0 Å². The summed E-state index contributed by atoms with van der Waals surface area (Å²) < 4.78 is 0. The molecule has 0 spiro atoms. The van der Waals surface area contributed by atoms with Gasteiger partial charge in [-0.1, -0.05) is 23.5 Å². The number of amides is 1. The number of hydrogen-bond donors (Lipinski definition) is 2. The first-order chi connectivity index (χ1) is 10.2. The van der Waals surface area contributed by atoms with Crippen molar-refractivity contribution in [1.82, 2.24) is 5.32 Å². The minimum Gasteiger partial charge on any atom is -0.349 e. The first-order valence-corrected chi connectivity index (χ1v) is 7.79. The molecule has 1 aromatic rings. The van der Waals surface area contributed by atoms with Crippen molar-refractivity contribution in [3.63, 3.8) is 0 Å². The van der Waals surface area contributed by atoms with E-state index in [9.17, 15) is 4.79 Å². The van der Waals surface area contributed by atoms with Gasteiger partial charge in [0.25, 0.3) is 5.91 Å². The highest BCUT2D eigenvalue weighted by Crippen LogP contribution is 2.44. The monoisotopic (exact) mass is 282 g/mol. The molecule has 1 amide bonds. The van der Waals surface area contributed by atoms with E-state index in [0.717, 1.165) is 11.1 Å². The van der Waals surface area contributed by atoms with Crippen molar-refractivity contribution < 1.29 is 4.79 Å². The molecule has 0 saturated heterocycles. The van der Waals surface area contributed by atoms with Crippen molar-refractivity contribution in [3.8, 4) is 11.8 Å². The molecule has 0 aromatic heterocycles. The molecule has 0 aliphatic heterocycles. The van der Waals surface area contributed by atoms with Crippen LogP contribution in [0, 0.1) is 30.6 Å². The predicted octanol–water partition coefficient (Wildman–Crippen LogP) is 2.22. The second-order valence-electron chi connectivity index (χ2n) is 6.23. The Balaban J connectivity index is 1.80. The number of nitrogens with one attached hydrogen (secondary N) is 1. The van der Waals surface area contributed by atoms with Gasteiger partial charge in [-0.25, -0.2) is 0 Å². The highest BCUT2D eigenvalue weighted by atomic mass is 16.1. The summed E-state index contributed by atoms with van der Waals surface area (Å²) in [5.74, 6) is 7.26. The van der Waals surface area contributed by atoms with Crippen LogP contribution in [0.3, 0.4) is 0 Å². The summed E-state index contributed by atoms with van der Waals surface area (Å²) >= 11 is 0. The maximum atomic E-state index is 12.6. The molecule has 3 N–H and O–H groups in total. The molecule has 110 valence electrons. The van der Waals surface area contributed by atoms with E-state index in [0.29, 0.717) is 30.0 Å². The van der Waals surface area contributed by atoms with Crippen LogP contribution in [-0.2, 0) is 0 Å². The molecular formula is C18H22N2O. The van der Waals surface area contributed by atoms with Crippen LogP contribution in [0.1, 0.15) is 47.2 Å². The molecule has 21 heavy (non-hydrogen) atoms. The van der Waals surface area contributed by atoms with E-state index in [-0.39, 0.29) is 5.91 Å². The third-order valence-corrected chi connectivity index (χ3v) is 4.30. The van der Waals surface area contributed by atoms with E-state index in [2.05, 4.69) is 17.2 Å². The molecule has 2 fully saturated rings. The third kappa shape index (κ3) is 3.46. The van der Waals surface area contributed by atoms with Gasteiger partial charge in [0.05, 0.1) is 12.1 Å². The van der Waals surface area contributed by atoms with Gasteiger partial charge in [0.2, 0.25) is 0 Å². The quantitative estimate of drug-likeness (QED) is 0.832. The molecule has 2 saturated carbocycles. The fraction of sp³-hybridized carbons (Fsp3) is 0.500. The third-order valence-electron chi connectivity index (χ3n) is 4.30. The van der Waals surface area contributed by atoms with Crippen LogP contribution in [-0.4, -0.2) is 18.5 Å². The van der Waals surface area contributed by atoms with Crippen molar-refractivity contribution in [2.45, 2.75) is 38.6 Å². The topological polar surface area (TPSA) is 55.1 Å². The normalized spacial score (nSPS) is 17.3. The largest absolute Gasteiger partial charge is 0.349 e. The maximum Gasteiger partial charge on any atom is 0.252 e. The Morgan fingerprint density at radius 3 is 2.57 bits per heavy atom. The smallest absolute Gasteiger partial charge is 0.252 e. The van der Waals surface area contributed by atoms with Crippen molar-refractivity contribution in [1.29, 1.82) is 0 Å². The maximum absolute atomic E-state index is 12.6. The van der Waals surface area contributed by atoms with E-state index in [4.69, 9.17) is 5.73 Å². The lowest BCUT2D eigenvalue weighted by atomic mass is 10.0. The number of hydrogen-bond acceptors (Lipinski definition) is 2. The van der Waals surface area contributed by atoms with Gasteiger partial charge in [-0.15, -0.1) is 0 Å². The van der Waals surface area contributed by atoms with Gasteiger partial charge >= 0.3 is 0 Å². The second-order valence-corrected chi connectivity index (χ2v) is 6.23. The number of carbonyl (C=O) groups excluding carboxylic acids is 1. The Bertz CT molecular complexity index is 591. The van der Waals surface area contributed by atoms with Crippen LogP contribution in [0.4, 0.5) is 0 Å². The van der Waals surface area contributed by atoms with Gasteiger partial charge in [0, 0.05) is 11.6 Å². The zero-order valence-corrected chi connectivity index (χ0v) is 12.5. The number of nitrogens with two attached hydrogens (primary N) is 1. The Hall–Kier alpha value is -1.79. The lowest BCUT2D eigenvalue weighted by Gasteiger charge is -2.18. The molecule has 0 heterocycles. The molecule has 2 aliphatic rings. The van der Waals surface area contributed by atoms with Crippen LogP contribution >= 0.6 is 0 Å². The summed E-state index contributed by atoms with van der Waals surface area (Å²) in [7, 11) is 0. The fourth-order valence-electron chi connectivity index (χ4n) is 2.86. The van der Waals surface area contributed by atoms with Gasteiger partial charge in [0.15, 0.2) is 0 Å². The molecule has 0 bridgehead atoms. The Morgan fingerprint density at radius 1 is 1.33 bits per heavy atom. The molecular weight excluding hydrogens is 260 g/mol. The lowest BCUT2D eigenvalue weighted by molar-refractivity contribution is 0.0926. The molecule has 0 atom stereocenters. The summed E-state index contributed by atoms with van der Waals surface area (Å²) in [6, 6.07) is 6.19. The van der Waals surface area contributed by atoms with Crippen molar-refractivity contribution >= 4 is 5.91 Å². The van der Waals surface area contributed by atoms with E-state index < -0.39 is 0 Å². The van der Waals surface area contributed by atoms with Gasteiger partial charge < -0.3 is 11.1 Å². The average Bonchev–Trinajstić information content (AvgIpc) is 3.36. The first kappa shape index (κ1) is 14.2. The van der Waals surface area contributed by atoms with E-state index in [1.165, 1.54) is 25.7 Å². The molecule has 0 unspecified atom stereocenters. The number of rotatable bonds is 4. The Kier molecular flexibility index (Phi) is 3.98. The molecule has 0 radical (unpaired) electrons. The summed E-state index contributed by atoms with van der Waals surface area (Å²) in [5, 5.41) is 3.26. The summed E-state index contributed by atoms with van der Waals surface area (Å²) in [4.78, 5) is 12.6. The Labute approximate surface area is 126 Å². The zero-order valence-electron chi connectivity index (χ0n) is 12.5. The lowest BCUT2D eigenvalue weighted by Crippen LogP contribution is -2.38. The summed E-state index contributed by atoms with van der Waals surface area (Å²) in [5.41, 5.74) is 7.97. The van der Waals surface area contributed by atoms with Crippen LogP contribution < -0.4 is 11.1 Å². The fourth-order valence-corrected chi connectivity index (χ4v) is 2.86. The minimum absolute atomic E-state index is 0.0174. The number of benzene rings is 1. The van der Waals surface area contributed by atoms with Crippen LogP contribution in [0.2, 0.25) is 0 Å². The van der Waals surface area contributed by atoms with Crippen molar-refractivity contribution in [2.24, 2.45) is 17.6 Å². The van der Waals surface area contributed by atoms with Gasteiger partial charge in [-0.3, -0.25) is 4.79 Å². The highest BCUT2D eigenvalue weighted by molar-refractivity contribution is 5.97. The van der Waals surface area contributed by atoms with E-state index in [1.807, 2.05) is 25.1 Å². The number of carbonyl (C=O) groups is 1. The standard InChI is InChI=1S/C18H22N2O/c1-12-4-5-13(3-2-10-19)16(11-12)18(21)20-17(14-6-7-14)15-8-9-15/h4-5,11,14-15,17H,6-10,19H2,1H3,(H,20,21). The average molecular weight is 282 g/mol. The van der Waals surface area contributed by atoms with Crippen LogP contribution in [0.15, 0.2) is 18.2 Å². The highest BCUT2D eigenvalue weighted by Gasteiger charge is 2.42.